The van der Waals surface area contributed by atoms with Crippen LogP contribution in [0.15, 0.2) is 0 Å². The SMILES string of the molecule is O=C(CCC1CCCCC1)NC1CCCCC1Br. The molecular formula is C15H26BrNO. The summed E-state index contributed by atoms with van der Waals surface area (Å²) in [4.78, 5) is 12.5. The van der Waals surface area contributed by atoms with E-state index in [4.69, 9.17) is 0 Å². The summed E-state index contributed by atoms with van der Waals surface area (Å²) in [5, 5.41) is 3.22. The molecule has 2 rings (SSSR count). The summed E-state index contributed by atoms with van der Waals surface area (Å²) in [7, 11) is 0. The number of carbonyl (C=O) groups is 1. The zero-order chi connectivity index (χ0) is 12.8. The summed E-state index contributed by atoms with van der Waals surface area (Å²) in [5.74, 6) is 1.09. The Morgan fingerprint density at radius 1 is 1.00 bits per heavy atom. The first-order valence-corrected chi connectivity index (χ1v) is 8.60. The molecule has 2 aliphatic carbocycles. The Labute approximate surface area is 119 Å². The van der Waals surface area contributed by atoms with Crippen molar-refractivity contribution in [3.63, 3.8) is 0 Å². The molecule has 0 saturated heterocycles. The second-order valence-corrected chi connectivity index (χ2v) is 7.19. The number of amides is 1. The largest absolute Gasteiger partial charge is 0.352 e. The second kappa shape index (κ2) is 7.52. The minimum Gasteiger partial charge on any atom is -0.352 e. The molecule has 2 nitrogen and oxygen atoms in total. The summed E-state index contributed by atoms with van der Waals surface area (Å²) >= 11 is 3.70. The summed E-state index contributed by atoms with van der Waals surface area (Å²) in [6, 6.07) is 0.373. The van der Waals surface area contributed by atoms with Gasteiger partial charge in [-0.3, -0.25) is 4.79 Å². The summed E-state index contributed by atoms with van der Waals surface area (Å²) in [6.45, 7) is 0. The van der Waals surface area contributed by atoms with E-state index in [2.05, 4.69) is 21.2 Å². The highest BCUT2D eigenvalue weighted by atomic mass is 79.9. The maximum atomic E-state index is 12.0. The fraction of sp³-hybridized carbons (Fsp3) is 0.933. The normalized spacial score (nSPS) is 30.1. The van der Waals surface area contributed by atoms with E-state index in [0.29, 0.717) is 10.9 Å². The van der Waals surface area contributed by atoms with Gasteiger partial charge >= 0.3 is 0 Å². The van der Waals surface area contributed by atoms with Gasteiger partial charge in [0.2, 0.25) is 5.91 Å². The predicted octanol–water partition coefficient (Wildman–Crippen LogP) is 4.17. The number of carbonyl (C=O) groups excluding carboxylic acids is 1. The average Bonchev–Trinajstić information content (AvgIpc) is 2.40. The third-order valence-electron chi connectivity index (χ3n) is 4.53. The van der Waals surface area contributed by atoms with E-state index >= 15 is 0 Å². The third-order valence-corrected chi connectivity index (χ3v) is 5.63. The highest BCUT2D eigenvalue weighted by Crippen LogP contribution is 2.28. The lowest BCUT2D eigenvalue weighted by atomic mass is 9.86. The van der Waals surface area contributed by atoms with Crippen molar-refractivity contribution in [2.24, 2.45) is 5.92 Å². The Bertz CT molecular complexity index is 263. The number of rotatable bonds is 4. The Kier molecular flexibility index (Phi) is 6.00. The van der Waals surface area contributed by atoms with Crippen molar-refractivity contribution < 1.29 is 4.79 Å². The summed E-state index contributed by atoms with van der Waals surface area (Å²) < 4.78 is 0. The summed E-state index contributed by atoms with van der Waals surface area (Å²) in [6.07, 6.45) is 13.6. The predicted molar refractivity (Wildman–Crippen MR) is 78.9 cm³/mol. The van der Waals surface area contributed by atoms with Gasteiger partial charge in [-0.1, -0.05) is 60.9 Å². The van der Waals surface area contributed by atoms with Gasteiger partial charge in [-0.05, 0) is 25.2 Å². The van der Waals surface area contributed by atoms with Crippen molar-refractivity contribution in [2.75, 3.05) is 0 Å². The molecule has 104 valence electrons. The zero-order valence-corrected chi connectivity index (χ0v) is 12.9. The molecule has 0 radical (unpaired) electrons. The van der Waals surface area contributed by atoms with Gasteiger partial charge in [0.1, 0.15) is 0 Å². The first-order valence-electron chi connectivity index (χ1n) is 7.69. The molecule has 1 amide bonds. The second-order valence-electron chi connectivity index (χ2n) is 6.02. The molecule has 2 fully saturated rings. The maximum Gasteiger partial charge on any atom is 0.220 e. The fourth-order valence-corrected chi connectivity index (χ4v) is 4.06. The Hall–Kier alpha value is -0.0500. The van der Waals surface area contributed by atoms with Gasteiger partial charge < -0.3 is 5.32 Å². The highest BCUT2D eigenvalue weighted by Gasteiger charge is 2.24. The van der Waals surface area contributed by atoms with Gasteiger partial charge in [-0.15, -0.1) is 0 Å². The van der Waals surface area contributed by atoms with Crippen LogP contribution < -0.4 is 5.32 Å². The molecule has 0 heterocycles. The first kappa shape index (κ1) is 14.4. The van der Waals surface area contributed by atoms with Gasteiger partial charge in [-0.2, -0.15) is 0 Å². The van der Waals surface area contributed by atoms with Crippen LogP contribution in [0.1, 0.15) is 70.6 Å². The van der Waals surface area contributed by atoms with Crippen molar-refractivity contribution in [3.05, 3.63) is 0 Å². The molecular weight excluding hydrogens is 290 g/mol. The minimum atomic E-state index is 0.275. The van der Waals surface area contributed by atoms with Gasteiger partial charge in [0.05, 0.1) is 0 Å². The number of hydrogen-bond acceptors (Lipinski definition) is 1. The maximum absolute atomic E-state index is 12.0. The van der Waals surface area contributed by atoms with E-state index in [9.17, 15) is 4.79 Å². The fourth-order valence-electron chi connectivity index (χ4n) is 3.34. The quantitative estimate of drug-likeness (QED) is 0.775. The third kappa shape index (κ3) is 4.56. The topological polar surface area (TPSA) is 29.1 Å². The molecule has 18 heavy (non-hydrogen) atoms. The Morgan fingerprint density at radius 2 is 1.67 bits per heavy atom. The molecule has 2 atom stereocenters. The number of halogens is 1. The van der Waals surface area contributed by atoms with Crippen LogP contribution in [0.3, 0.4) is 0 Å². The van der Waals surface area contributed by atoms with Crippen molar-refractivity contribution >= 4 is 21.8 Å². The number of nitrogens with one attached hydrogen (secondary N) is 1. The molecule has 0 aliphatic heterocycles. The average molecular weight is 316 g/mol. The van der Waals surface area contributed by atoms with Crippen LogP contribution in [-0.2, 0) is 4.79 Å². The highest BCUT2D eigenvalue weighted by molar-refractivity contribution is 9.09. The lowest BCUT2D eigenvalue weighted by Crippen LogP contribution is -2.42. The van der Waals surface area contributed by atoms with E-state index in [0.717, 1.165) is 25.2 Å². The molecule has 0 aromatic heterocycles. The lowest BCUT2D eigenvalue weighted by molar-refractivity contribution is -0.122. The van der Waals surface area contributed by atoms with Crippen molar-refractivity contribution in [3.8, 4) is 0 Å². The van der Waals surface area contributed by atoms with Crippen LogP contribution in [0.25, 0.3) is 0 Å². The van der Waals surface area contributed by atoms with Crippen LogP contribution in [-0.4, -0.2) is 16.8 Å². The van der Waals surface area contributed by atoms with E-state index in [-0.39, 0.29) is 5.91 Å². The molecule has 0 spiro atoms. The molecule has 2 saturated carbocycles. The molecule has 0 aromatic rings. The van der Waals surface area contributed by atoms with Gasteiger partial charge in [0.25, 0.3) is 0 Å². The van der Waals surface area contributed by atoms with Crippen LogP contribution in [0.2, 0.25) is 0 Å². The minimum absolute atomic E-state index is 0.275. The molecule has 0 aromatic carbocycles. The summed E-state index contributed by atoms with van der Waals surface area (Å²) in [5.41, 5.74) is 0. The first-order chi connectivity index (χ1) is 8.75. The Morgan fingerprint density at radius 3 is 2.39 bits per heavy atom. The van der Waals surface area contributed by atoms with Crippen LogP contribution >= 0.6 is 15.9 Å². The number of alkyl halides is 1. The van der Waals surface area contributed by atoms with Crippen LogP contribution in [0, 0.1) is 5.92 Å². The van der Waals surface area contributed by atoms with E-state index in [1.807, 2.05) is 0 Å². The molecule has 0 bridgehead atoms. The van der Waals surface area contributed by atoms with Crippen molar-refractivity contribution in [1.29, 1.82) is 0 Å². The van der Waals surface area contributed by atoms with Gasteiger partial charge in [-0.25, -0.2) is 0 Å². The number of hydrogen-bond donors (Lipinski definition) is 1. The molecule has 1 N–H and O–H groups in total. The molecule has 2 aliphatic rings. The van der Waals surface area contributed by atoms with Crippen LogP contribution in [0.4, 0.5) is 0 Å². The monoisotopic (exact) mass is 315 g/mol. The van der Waals surface area contributed by atoms with Crippen molar-refractivity contribution in [2.45, 2.75) is 81.5 Å². The molecule has 3 heteroatoms. The smallest absolute Gasteiger partial charge is 0.220 e. The lowest BCUT2D eigenvalue weighted by Gasteiger charge is -2.28. The molecule has 2 unspecified atom stereocenters. The standard InChI is InChI=1S/C15H26BrNO/c16-13-8-4-5-9-14(13)17-15(18)11-10-12-6-2-1-3-7-12/h12-14H,1-11H2,(H,17,18). The van der Waals surface area contributed by atoms with Gasteiger partial charge in [0.15, 0.2) is 0 Å². The van der Waals surface area contributed by atoms with Crippen LogP contribution in [0.5, 0.6) is 0 Å². The van der Waals surface area contributed by atoms with Gasteiger partial charge in [0, 0.05) is 17.3 Å². The Balaban J connectivity index is 1.64. The van der Waals surface area contributed by atoms with E-state index < -0.39 is 0 Å². The van der Waals surface area contributed by atoms with E-state index in [1.165, 1.54) is 51.4 Å². The van der Waals surface area contributed by atoms with Crippen molar-refractivity contribution in [1.82, 2.24) is 5.32 Å². The zero-order valence-electron chi connectivity index (χ0n) is 11.3. The van der Waals surface area contributed by atoms with E-state index in [1.54, 1.807) is 0 Å².